The second kappa shape index (κ2) is 5.91. The van der Waals surface area contributed by atoms with Crippen molar-refractivity contribution in [3.05, 3.63) is 23.9 Å². The zero-order valence-corrected chi connectivity index (χ0v) is 12.0. The molecule has 0 amide bonds. The summed E-state index contributed by atoms with van der Waals surface area (Å²) in [6.45, 7) is 7.10. The van der Waals surface area contributed by atoms with Crippen molar-refractivity contribution in [3.63, 3.8) is 0 Å². The molecule has 3 heterocycles. The van der Waals surface area contributed by atoms with Gasteiger partial charge in [0.05, 0.1) is 0 Å². The number of anilines is 1. The Kier molecular flexibility index (Phi) is 4.02. The molecular weight excluding hydrogens is 234 g/mol. The van der Waals surface area contributed by atoms with E-state index in [4.69, 9.17) is 4.98 Å². The largest absolute Gasteiger partial charge is 0.357 e. The Morgan fingerprint density at radius 1 is 1.16 bits per heavy atom. The van der Waals surface area contributed by atoms with E-state index in [1.165, 1.54) is 69.7 Å². The minimum atomic E-state index is 0.611. The van der Waals surface area contributed by atoms with Gasteiger partial charge in [-0.25, -0.2) is 4.98 Å². The molecule has 3 rings (SSSR count). The molecule has 0 aromatic carbocycles. The average Bonchev–Trinajstić information content (AvgIpc) is 3.10. The molecule has 2 fully saturated rings. The summed E-state index contributed by atoms with van der Waals surface area (Å²) >= 11 is 0. The molecule has 1 atom stereocenters. The van der Waals surface area contributed by atoms with E-state index in [-0.39, 0.29) is 0 Å². The average molecular weight is 259 g/mol. The molecule has 2 saturated heterocycles. The highest BCUT2D eigenvalue weighted by molar-refractivity contribution is 5.40. The summed E-state index contributed by atoms with van der Waals surface area (Å²) in [4.78, 5) is 9.72. The number of pyridine rings is 1. The van der Waals surface area contributed by atoms with Crippen molar-refractivity contribution in [3.8, 4) is 0 Å². The highest BCUT2D eigenvalue weighted by Crippen LogP contribution is 2.32. The fourth-order valence-corrected chi connectivity index (χ4v) is 3.49. The summed E-state index contributed by atoms with van der Waals surface area (Å²) in [6, 6.07) is 5.14. The zero-order valence-electron chi connectivity index (χ0n) is 12.0. The molecule has 1 aromatic rings. The molecule has 0 spiro atoms. The molecule has 0 aliphatic carbocycles. The number of hydrogen-bond acceptors (Lipinski definition) is 3. The minimum absolute atomic E-state index is 0.611. The lowest BCUT2D eigenvalue weighted by Gasteiger charge is -2.24. The fraction of sp³-hybridized carbons (Fsp3) is 0.688. The van der Waals surface area contributed by atoms with Gasteiger partial charge in [-0.15, -0.1) is 0 Å². The molecule has 0 unspecified atom stereocenters. The van der Waals surface area contributed by atoms with E-state index in [1.54, 1.807) is 0 Å². The van der Waals surface area contributed by atoms with Crippen molar-refractivity contribution in [2.45, 2.75) is 45.1 Å². The van der Waals surface area contributed by atoms with Gasteiger partial charge >= 0.3 is 0 Å². The van der Waals surface area contributed by atoms with Crippen LogP contribution in [0.25, 0.3) is 0 Å². The van der Waals surface area contributed by atoms with Gasteiger partial charge in [-0.05, 0) is 56.8 Å². The summed E-state index contributed by atoms with van der Waals surface area (Å²) in [6.07, 6.45) is 8.62. The predicted molar refractivity (Wildman–Crippen MR) is 79.5 cm³/mol. The lowest BCUT2D eigenvalue weighted by Crippen LogP contribution is -2.24. The van der Waals surface area contributed by atoms with E-state index in [0.29, 0.717) is 6.04 Å². The van der Waals surface area contributed by atoms with Gasteiger partial charge in [0.2, 0.25) is 0 Å². The standard InChI is InChI=1S/C16H25N3/c1-2-9-18-12-5-6-15(18)14-7-8-16(17-13-14)19-10-3-4-11-19/h7-8,13,15H,2-6,9-12H2,1H3/t15-/m1/s1. The van der Waals surface area contributed by atoms with E-state index >= 15 is 0 Å². The Morgan fingerprint density at radius 2 is 2.00 bits per heavy atom. The molecule has 0 N–H and O–H groups in total. The molecule has 104 valence electrons. The first-order valence-corrected chi connectivity index (χ1v) is 7.83. The summed E-state index contributed by atoms with van der Waals surface area (Å²) < 4.78 is 0. The second-order valence-corrected chi connectivity index (χ2v) is 5.84. The van der Waals surface area contributed by atoms with Crippen LogP contribution in [-0.4, -0.2) is 36.1 Å². The van der Waals surface area contributed by atoms with E-state index in [0.717, 1.165) is 0 Å². The van der Waals surface area contributed by atoms with Crippen LogP contribution < -0.4 is 4.90 Å². The quantitative estimate of drug-likeness (QED) is 0.827. The summed E-state index contributed by atoms with van der Waals surface area (Å²) in [5.74, 6) is 1.17. The first-order chi connectivity index (χ1) is 9.38. The predicted octanol–water partition coefficient (Wildman–Crippen LogP) is 3.23. The molecule has 2 aliphatic rings. The Hall–Kier alpha value is -1.09. The smallest absolute Gasteiger partial charge is 0.128 e. The van der Waals surface area contributed by atoms with E-state index in [2.05, 4.69) is 35.1 Å². The zero-order chi connectivity index (χ0) is 13.1. The first-order valence-electron chi connectivity index (χ1n) is 7.83. The van der Waals surface area contributed by atoms with Gasteiger partial charge in [-0.1, -0.05) is 13.0 Å². The minimum Gasteiger partial charge on any atom is -0.357 e. The maximum absolute atomic E-state index is 4.70. The molecular formula is C16H25N3. The number of likely N-dealkylation sites (tertiary alicyclic amines) is 1. The van der Waals surface area contributed by atoms with Gasteiger partial charge in [0.25, 0.3) is 0 Å². The van der Waals surface area contributed by atoms with Crippen LogP contribution in [0.2, 0.25) is 0 Å². The van der Waals surface area contributed by atoms with Crippen molar-refractivity contribution >= 4 is 5.82 Å². The van der Waals surface area contributed by atoms with Crippen molar-refractivity contribution < 1.29 is 0 Å². The van der Waals surface area contributed by atoms with Crippen molar-refractivity contribution in [1.29, 1.82) is 0 Å². The molecule has 3 nitrogen and oxygen atoms in total. The molecule has 19 heavy (non-hydrogen) atoms. The van der Waals surface area contributed by atoms with Crippen LogP contribution in [0.5, 0.6) is 0 Å². The first kappa shape index (κ1) is 12.9. The summed E-state index contributed by atoms with van der Waals surface area (Å²) in [5.41, 5.74) is 1.41. The molecule has 2 aliphatic heterocycles. The van der Waals surface area contributed by atoms with Crippen molar-refractivity contribution in [1.82, 2.24) is 9.88 Å². The third-order valence-corrected chi connectivity index (χ3v) is 4.46. The van der Waals surface area contributed by atoms with E-state index in [9.17, 15) is 0 Å². The molecule has 0 saturated carbocycles. The monoisotopic (exact) mass is 259 g/mol. The van der Waals surface area contributed by atoms with Crippen molar-refractivity contribution in [2.24, 2.45) is 0 Å². The van der Waals surface area contributed by atoms with Crippen LogP contribution in [0.3, 0.4) is 0 Å². The normalized spacial score (nSPS) is 24.3. The summed E-state index contributed by atoms with van der Waals surface area (Å²) in [7, 11) is 0. The highest BCUT2D eigenvalue weighted by Gasteiger charge is 2.25. The second-order valence-electron chi connectivity index (χ2n) is 5.84. The summed E-state index contributed by atoms with van der Waals surface area (Å²) in [5, 5.41) is 0. The maximum Gasteiger partial charge on any atom is 0.128 e. The molecule has 1 aromatic heterocycles. The van der Waals surface area contributed by atoms with E-state index in [1.807, 2.05) is 0 Å². The Bertz CT molecular complexity index is 395. The maximum atomic E-state index is 4.70. The molecule has 0 bridgehead atoms. The topological polar surface area (TPSA) is 19.4 Å². The SMILES string of the molecule is CCCN1CCC[C@@H]1c1ccc(N2CCCC2)nc1. The lowest BCUT2D eigenvalue weighted by atomic mass is 10.1. The van der Waals surface area contributed by atoms with Crippen LogP contribution in [0.15, 0.2) is 18.3 Å². The Balaban J connectivity index is 1.71. The highest BCUT2D eigenvalue weighted by atomic mass is 15.2. The van der Waals surface area contributed by atoms with Crippen LogP contribution >= 0.6 is 0 Å². The Morgan fingerprint density at radius 3 is 2.68 bits per heavy atom. The number of nitrogens with zero attached hydrogens (tertiary/aromatic N) is 3. The van der Waals surface area contributed by atoms with Crippen LogP contribution in [0.4, 0.5) is 5.82 Å². The van der Waals surface area contributed by atoms with Crippen LogP contribution in [-0.2, 0) is 0 Å². The lowest BCUT2D eigenvalue weighted by molar-refractivity contribution is 0.257. The number of hydrogen-bond donors (Lipinski definition) is 0. The molecule has 0 radical (unpaired) electrons. The van der Waals surface area contributed by atoms with Gasteiger partial charge in [-0.2, -0.15) is 0 Å². The van der Waals surface area contributed by atoms with Gasteiger partial charge in [-0.3, -0.25) is 4.90 Å². The van der Waals surface area contributed by atoms with Crippen LogP contribution in [0.1, 0.15) is 50.6 Å². The van der Waals surface area contributed by atoms with E-state index < -0.39 is 0 Å². The fourth-order valence-electron chi connectivity index (χ4n) is 3.49. The third kappa shape index (κ3) is 2.76. The number of rotatable bonds is 4. The third-order valence-electron chi connectivity index (χ3n) is 4.46. The van der Waals surface area contributed by atoms with Gasteiger partial charge in [0.1, 0.15) is 5.82 Å². The van der Waals surface area contributed by atoms with Gasteiger partial charge < -0.3 is 4.90 Å². The molecule has 3 heteroatoms. The van der Waals surface area contributed by atoms with Gasteiger partial charge in [0.15, 0.2) is 0 Å². The Labute approximate surface area is 116 Å². The van der Waals surface area contributed by atoms with Crippen molar-refractivity contribution in [2.75, 3.05) is 31.1 Å². The van der Waals surface area contributed by atoms with Crippen LogP contribution in [0, 0.1) is 0 Å². The van der Waals surface area contributed by atoms with Gasteiger partial charge in [0, 0.05) is 25.3 Å². The number of aromatic nitrogens is 1.